The third-order valence-electron chi connectivity index (χ3n) is 6.83. The van der Waals surface area contributed by atoms with Gasteiger partial charge in [0, 0.05) is 50.5 Å². The number of esters is 1. The molecule has 4 N–H and O–H groups in total. The van der Waals surface area contributed by atoms with E-state index >= 15 is 0 Å². The number of carbonyl (C=O) groups excluding carboxylic acids is 4. The summed E-state index contributed by atoms with van der Waals surface area (Å²) in [5.41, 5.74) is 8.03. The van der Waals surface area contributed by atoms with E-state index in [-0.39, 0.29) is 31.3 Å². The third kappa shape index (κ3) is 8.42. The van der Waals surface area contributed by atoms with Gasteiger partial charge in [-0.3, -0.25) is 14.4 Å². The van der Waals surface area contributed by atoms with Crippen molar-refractivity contribution in [3.05, 3.63) is 65.7 Å². The molecule has 218 valence electrons. The van der Waals surface area contributed by atoms with E-state index in [9.17, 15) is 19.2 Å². The second kappa shape index (κ2) is 14.1. The van der Waals surface area contributed by atoms with Gasteiger partial charge in [0.2, 0.25) is 5.91 Å². The number of hydrogen-bond acceptors (Lipinski definition) is 8. The molecule has 2 fully saturated rings. The maximum Gasteiger partial charge on any atom is 0.436 e. The smallest absolute Gasteiger partial charge is 0.436 e. The molecule has 2 heterocycles. The minimum Gasteiger partial charge on any atom is -0.461 e. The van der Waals surface area contributed by atoms with Gasteiger partial charge in [0.1, 0.15) is 12.6 Å². The van der Waals surface area contributed by atoms with Crippen LogP contribution >= 0.6 is 0 Å². The van der Waals surface area contributed by atoms with Crippen molar-refractivity contribution in [2.45, 2.75) is 25.5 Å². The van der Waals surface area contributed by atoms with E-state index in [1.54, 1.807) is 34.1 Å². The van der Waals surface area contributed by atoms with Crippen LogP contribution in [-0.4, -0.2) is 92.0 Å². The Bertz CT molecular complexity index is 1250. The van der Waals surface area contributed by atoms with Crippen LogP contribution in [0.25, 0.3) is 0 Å². The second-order valence-electron chi connectivity index (χ2n) is 9.80. The molecule has 0 radical (unpaired) electrons. The van der Waals surface area contributed by atoms with Crippen LogP contribution in [0.4, 0.5) is 15.3 Å². The van der Waals surface area contributed by atoms with Crippen molar-refractivity contribution in [1.82, 2.24) is 20.4 Å². The molecular weight excluding hydrogens is 530 g/mol. The number of piperazine rings is 1. The number of oxime groups is 1. The fourth-order valence-corrected chi connectivity index (χ4v) is 4.37. The Balaban J connectivity index is 1.18. The lowest BCUT2D eigenvalue weighted by atomic mass is 10.2. The van der Waals surface area contributed by atoms with Crippen molar-refractivity contribution < 1.29 is 28.8 Å². The second-order valence-corrected chi connectivity index (χ2v) is 9.80. The number of urea groups is 1. The van der Waals surface area contributed by atoms with E-state index in [2.05, 4.69) is 20.7 Å². The summed E-state index contributed by atoms with van der Waals surface area (Å²) in [5.74, 6) is -0.649. The Morgan fingerprint density at radius 2 is 1.71 bits per heavy atom. The predicted molar refractivity (Wildman–Crippen MR) is 151 cm³/mol. The van der Waals surface area contributed by atoms with Crippen LogP contribution in [0.15, 0.2) is 59.8 Å². The van der Waals surface area contributed by atoms with E-state index in [1.807, 2.05) is 37.4 Å². The van der Waals surface area contributed by atoms with Gasteiger partial charge in [0.15, 0.2) is 5.84 Å². The predicted octanol–water partition coefficient (Wildman–Crippen LogP) is 1.23. The first-order valence-electron chi connectivity index (χ1n) is 13.4. The molecule has 41 heavy (non-hydrogen) atoms. The topological polar surface area (TPSA) is 159 Å². The Morgan fingerprint density at radius 1 is 1.00 bits per heavy atom. The van der Waals surface area contributed by atoms with Crippen molar-refractivity contribution in [3.8, 4) is 0 Å². The van der Waals surface area contributed by atoms with Gasteiger partial charge in [-0.2, -0.15) is 0 Å². The van der Waals surface area contributed by atoms with Crippen LogP contribution in [0.2, 0.25) is 0 Å². The molecule has 0 saturated carbocycles. The summed E-state index contributed by atoms with van der Waals surface area (Å²) in [6.45, 7) is 3.31. The highest BCUT2D eigenvalue weighted by Crippen LogP contribution is 2.22. The van der Waals surface area contributed by atoms with Crippen molar-refractivity contribution >= 4 is 35.5 Å². The Morgan fingerprint density at radius 3 is 2.41 bits per heavy atom. The number of amidine groups is 1. The molecule has 1 atom stereocenters. The zero-order chi connectivity index (χ0) is 29.2. The van der Waals surface area contributed by atoms with Gasteiger partial charge in [0.05, 0.1) is 6.42 Å². The molecule has 2 aliphatic rings. The number of benzene rings is 2. The molecule has 0 unspecified atom stereocenters. The summed E-state index contributed by atoms with van der Waals surface area (Å²) in [5, 5.41) is 9.01. The quantitative estimate of drug-likeness (QED) is 0.135. The Labute approximate surface area is 238 Å². The number of nitrogens with one attached hydrogen (secondary N) is 2. The third-order valence-corrected chi connectivity index (χ3v) is 6.83. The molecule has 4 amide bonds. The lowest BCUT2D eigenvalue weighted by molar-refractivity contribution is -0.144. The number of ether oxygens (including phenoxy) is 1. The van der Waals surface area contributed by atoms with E-state index in [0.717, 1.165) is 18.7 Å². The van der Waals surface area contributed by atoms with Crippen LogP contribution in [0.3, 0.4) is 0 Å². The van der Waals surface area contributed by atoms with Crippen LogP contribution in [0.1, 0.15) is 24.0 Å². The molecule has 2 aromatic rings. The molecule has 0 aliphatic carbocycles. The van der Waals surface area contributed by atoms with Crippen LogP contribution in [0.5, 0.6) is 0 Å². The van der Waals surface area contributed by atoms with E-state index in [0.29, 0.717) is 37.3 Å². The molecule has 0 spiro atoms. The van der Waals surface area contributed by atoms with Crippen LogP contribution in [-0.2, 0) is 25.8 Å². The molecule has 4 rings (SSSR count). The molecule has 2 saturated heterocycles. The molecule has 2 aromatic carbocycles. The van der Waals surface area contributed by atoms with Crippen molar-refractivity contribution in [2.75, 3.05) is 51.2 Å². The molecule has 13 heteroatoms. The Hall–Kier alpha value is -4.65. The summed E-state index contributed by atoms with van der Waals surface area (Å²) in [4.78, 5) is 59.6. The molecule has 0 aromatic heterocycles. The number of hydrogen-bond donors (Lipinski definition) is 3. The van der Waals surface area contributed by atoms with Crippen molar-refractivity contribution in [1.29, 1.82) is 0 Å². The standard InChI is InChI=1S/C28H35N7O6/c1-33-15-17-34(18-16-33)28(39)41-32-25(29)21-7-9-22(10-8-21)35-14-12-23(26(35)37)31-27(38)30-13-11-24(36)40-19-20-5-3-2-4-6-20/h2-10,23H,11-19H2,1H3,(H2,29,32)(H2,30,31,38)/t23-/m0/s1. The van der Waals surface area contributed by atoms with Gasteiger partial charge in [0.25, 0.3) is 0 Å². The van der Waals surface area contributed by atoms with Crippen LogP contribution < -0.4 is 21.3 Å². The highest BCUT2D eigenvalue weighted by molar-refractivity contribution is 6.02. The fraction of sp³-hybridized carbons (Fsp3) is 0.393. The molecule has 2 aliphatic heterocycles. The van der Waals surface area contributed by atoms with E-state index in [4.69, 9.17) is 15.3 Å². The zero-order valence-electron chi connectivity index (χ0n) is 23.0. The number of amides is 4. The SMILES string of the molecule is CN1CCN(C(=O)ON=C(N)c2ccc(N3CC[C@H](NC(=O)NCCC(=O)OCc4ccccc4)C3=O)cc2)CC1. The number of rotatable bonds is 9. The zero-order valence-corrected chi connectivity index (χ0v) is 23.0. The number of anilines is 1. The molecule has 13 nitrogen and oxygen atoms in total. The molecular formula is C28H35N7O6. The first-order chi connectivity index (χ1) is 19.8. The minimum atomic E-state index is -0.694. The number of carbonyl (C=O) groups is 4. The maximum absolute atomic E-state index is 12.9. The number of likely N-dealkylation sites (N-methyl/N-ethyl adjacent to an activating group) is 1. The maximum atomic E-state index is 12.9. The summed E-state index contributed by atoms with van der Waals surface area (Å²) < 4.78 is 5.19. The van der Waals surface area contributed by atoms with Gasteiger partial charge in [-0.25, -0.2) is 9.59 Å². The highest BCUT2D eigenvalue weighted by atomic mass is 16.7. The first kappa shape index (κ1) is 29.3. The van der Waals surface area contributed by atoms with E-state index in [1.165, 1.54) is 0 Å². The molecule has 0 bridgehead atoms. The summed E-state index contributed by atoms with van der Waals surface area (Å²) in [6.07, 6.45) is -0.108. The average Bonchev–Trinajstić information content (AvgIpc) is 3.34. The van der Waals surface area contributed by atoms with Gasteiger partial charge in [-0.05, 0) is 43.3 Å². The van der Waals surface area contributed by atoms with E-state index < -0.39 is 24.1 Å². The van der Waals surface area contributed by atoms with Crippen molar-refractivity contribution in [3.63, 3.8) is 0 Å². The first-order valence-corrected chi connectivity index (χ1v) is 13.4. The minimum absolute atomic E-state index is 0.0127. The van der Waals surface area contributed by atoms with Gasteiger partial charge in [-0.15, -0.1) is 0 Å². The summed E-state index contributed by atoms with van der Waals surface area (Å²) in [7, 11) is 1.99. The largest absolute Gasteiger partial charge is 0.461 e. The van der Waals surface area contributed by atoms with Gasteiger partial charge < -0.3 is 35.8 Å². The van der Waals surface area contributed by atoms with Gasteiger partial charge >= 0.3 is 18.1 Å². The summed E-state index contributed by atoms with van der Waals surface area (Å²) >= 11 is 0. The van der Waals surface area contributed by atoms with Gasteiger partial charge in [-0.1, -0.05) is 35.5 Å². The van der Waals surface area contributed by atoms with Crippen molar-refractivity contribution in [2.24, 2.45) is 10.9 Å². The average molecular weight is 566 g/mol. The highest BCUT2D eigenvalue weighted by Gasteiger charge is 2.33. The lowest BCUT2D eigenvalue weighted by Gasteiger charge is -2.30. The fourth-order valence-electron chi connectivity index (χ4n) is 4.37. The lowest BCUT2D eigenvalue weighted by Crippen LogP contribution is -2.47. The number of nitrogens with two attached hydrogens (primary N) is 1. The number of nitrogens with zero attached hydrogens (tertiary/aromatic N) is 4. The Kier molecular flexibility index (Phi) is 10.1. The summed E-state index contributed by atoms with van der Waals surface area (Å²) in [6, 6.07) is 14.8. The normalized spacial score (nSPS) is 17.7. The monoisotopic (exact) mass is 565 g/mol. The van der Waals surface area contributed by atoms with Crippen LogP contribution in [0, 0.1) is 0 Å².